The van der Waals surface area contributed by atoms with Gasteiger partial charge in [-0.1, -0.05) is 54.1 Å². The molecule has 0 spiro atoms. The van der Waals surface area contributed by atoms with Gasteiger partial charge in [0.15, 0.2) is 0 Å². The molecule has 1 fully saturated rings. The molecule has 2 aromatic carbocycles. The summed E-state index contributed by atoms with van der Waals surface area (Å²) in [4.78, 5) is 14.4. The van der Waals surface area contributed by atoms with Gasteiger partial charge in [-0.2, -0.15) is 0 Å². The molecule has 0 aromatic heterocycles. The van der Waals surface area contributed by atoms with Crippen LogP contribution in [0, 0.1) is 0 Å². The summed E-state index contributed by atoms with van der Waals surface area (Å²) in [5.41, 5.74) is 2.21. The first kappa shape index (κ1) is 18.9. The summed E-state index contributed by atoms with van der Waals surface area (Å²) in [6.45, 7) is 4.26. The summed E-state index contributed by atoms with van der Waals surface area (Å²) < 4.78 is 5.89. The van der Waals surface area contributed by atoms with E-state index >= 15 is 0 Å². The van der Waals surface area contributed by atoms with Gasteiger partial charge in [0.05, 0.1) is 19.1 Å². The van der Waals surface area contributed by atoms with Crippen molar-refractivity contribution in [2.75, 3.05) is 32.8 Å². The zero-order valence-electron chi connectivity index (χ0n) is 14.9. The van der Waals surface area contributed by atoms with Crippen molar-refractivity contribution in [1.29, 1.82) is 0 Å². The third kappa shape index (κ3) is 5.84. The zero-order chi connectivity index (χ0) is 18.2. The molecular weight excluding hydrogens is 348 g/mol. The summed E-state index contributed by atoms with van der Waals surface area (Å²) in [5.74, 6) is 0.0523. The lowest BCUT2D eigenvalue weighted by Crippen LogP contribution is -2.40. The van der Waals surface area contributed by atoms with Crippen molar-refractivity contribution in [1.82, 2.24) is 10.2 Å². The number of ether oxygens (including phenoxy) is 1. The van der Waals surface area contributed by atoms with Gasteiger partial charge < -0.3 is 10.1 Å². The van der Waals surface area contributed by atoms with Crippen LogP contribution < -0.4 is 5.32 Å². The highest BCUT2D eigenvalue weighted by Gasteiger charge is 2.21. The lowest BCUT2D eigenvalue weighted by atomic mass is 10.1. The second-order valence-corrected chi connectivity index (χ2v) is 7.01. The molecule has 1 aliphatic heterocycles. The minimum atomic E-state index is 0.0523. The van der Waals surface area contributed by atoms with Gasteiger partial charge in [0.1, 0.15) is 0 Å². The van der Waals surface area contributed by atoms with Crippen LogP contribution in [-0.2, 0) is 16.0 Å². The normalized spacial score (nSPS) is 17.8. The molecular formula is C21H25ClN2O2. The number of amides is 1. The average molecular weight is 373 g/mol. The standard InChI is InChI=1S/C21H25ClN2O2/c22-19-9-7-17(8-10-19)15-21(25)23-11-4-12-24-13-14-26-20(16-24)18-5-2-1-3-6-18/h1-3,5-10,20H,4,11-16H2,(H,23,25). The fourth-order valence-corrected chi connectivity index (χ4v) is 3.28. The average Bonchev–Trinajstić information content (AvgIpc) is 2.68. The molecule has 138 valence electrons. The monoisotopic (exact) mass is 372 g/mol. The molecule has 1 N–H and O–H groups in total. The van der Waals surface area contributed by atoms with E-state index in [1.54, 1.807) is 0 Å². The lowest BCUT2D eigenvalue weighted by Gasteiger charge is -2.33. The van der Waals surface area contributed by atoms with E-state index in [2.05, 4.69) is 22.3 Å². The van der Waals surface area contributed by atoms with Gasteiger partial charge in [0.25, 0.3) is 0 Å². The predicted octanol–water partition coefficient (Wildman–Crippen LogP) is 3.46. The lowest BCUT2D eigenvalue weighted by molar-refractivity contribution is -0.120. The van der Waals surface area contributed by atoms with Crippen LogP contribution in [0.15, 0.2) is 54.6 Å². The Hall–Kier alpha value is -1.88. The maximum absolute atomic E-state index is 12.0. The number of nitrogens with one attached hydrogen (secondary N) is 1. The third-order valence-electron chi connectivity index (χ3n) is 4.57. The second kappa shape index (κ2) is 9.72. The van der Waals surface area contributed by atoms with E-state index in [0.717, 1.165) is 38.2 Å². The molecule has 0 aliphatic carbocycles. The minimum Gasteiger partial charge on any atom is -0.371 e. The highest BCUT2D eigenvalue weighted by Crippen LogP contribution is 2.21. The SMILES string of the molecule is O=C(Cc1ccc(Cl)cc1)NCCCN1CCOC(c2ccccc2)C1. The zero-order valence-corrected chi connectivity index (χ0v) is 15.6. The fourth-order valence-electron chi connectivity index (χ4n) is 3.16. The van der Waals surface area contributed by atoms with Crippen LogP contribution >= 0.6 is 11.6 Å². The summed E-state index contributed by atoms with van der Waals surface area (Å²) in [5, 5.41) is 3.69. The van der Waals surface area contributed by atoms with Gasteiger partial charge in [-0.25, -0.2) is 0 Å². The Bertz CT molecular complexity index is 691. The van der Waals surface area contributed by atoms with E-state index < -0.39 is 0 Å². The highest BCUT2D eigenvalue weighted by molar-refractivity contribution is 6.30. The number of carbonyl (C=O) groups is 1. The molecule has 4 nitrogen and oxygen atoms in total. The molecule has 3 rings (SSSR count). The number of morpholine rings is 1. The molecule has 1 saturated heterocycles. The molecule has 1 unspecified atom stereocenters. The van der Waals surface area contributed by atoms with Crippen molar-refractivity contribution in [3.8, 4) is 0 Å². The van der Waals surface area contributed by atoms with Gasteiger partial charge in [-0.05, 0) is 29.7 Å². The Morgan fingerprint density at radius 1 is 1.15 bits per heavy atom. The number of carbonyl (C=O) groups excluding carboxylic acids is 1. The Labute approximate surface area is 160 Å². The minimum absolute atomic E-state index is 0.0523. The van der Waals surface area contributed by atoms with Crippen LogP contribution in [-0.4, -0.2) is 43.6 Å². The molecule has 5 heteroatoms. The molecule has 0 bridgehead atoms. The van der Waals surface area contributed by atoms with Crippen LogP contribution in [0.5, 0.6) is 0 Å². The number of halogens is 1. The summed E-state index contributed by atoms with van der Waals surface area (Å²) >= 11 is 5.86. The van der Waals surface area contributed by atoms with Gasteiger partial charge >= 0.3 is 0 Å². The Balaban J connectivity index is 1.35. The number of hydrogen-bond donors (Lipinski definition) is 1. The third-order valence-corrected chi connectivity index (χ3v) is 4.83. The van der Waals surface area contributed by atoms with E-state index in [-0.39, 0.29) is 12.0 Å². The maximum atomic E-state index is 12.0. The number of nitrogens with zero attached hydrogens (tertiary/aromatic N) is 1. The van der Waals surface area contributed by atoms with Crippen molar-refractivity contribution >= 4 is 17.5 Å². The Kier molecular flexibility index (Phi) is 7.06. The molecule has 0 radical (unpaired) electrons. The van der Waals surface area contributed by atoms with Gasteiger partial charge in [0.2, 0.25) is 5.91 Å². The summed E-state index contributed by atoms with van der Waals surface area (Å²) in [7, 11) is 0. The van der Waals surface area contributed by atoms with Crippen LogP contribution in [0.1, 0.15) is 23.7 Å². The first-order valence-corrected chi connectivity index (χ1v) is 9.48. The van der Waals surface area contributed by atoms with Crippen molar-refractivity contribution in [3.63, 3.8) is 0 Å². The summed E-state index contributed by atoms with van der Waals surface area (Å²) in [6, 6.07) is 17.8. The quantitative estimate of drug-likeness (QED) is 0.757. The first-order valence-electron chi connectivity index (χ1n) is 9.11. The highest BCUT2D eigenvalue weighted by atomic mass is 35.5. The predicted molar refractivity (Wildman–Crippen MR) is 104 cm³/mol. The first-order chi connectivity index (χ1) is 12.7. The van der Waals surface area contributed by atoms with Gasteiger partial charge in [-0.15, -0.1) is 0 Å². The Morgan fingerprint density at radius 2 is 1.92 bits per heavy atom. The van der Waals surface area contributed by atoms with E-state index in [1.807, 2.05) is 42.5 Å². The topological polar surface area (TPSA) is 41.6 Å². The van der Waals surface area contributed by atoms with Crippen LogP contribution in [0.25, 0.3) is 0 Å². The summed E-state index contributed by atoms with van der Waals surface area (Å²) in [6.07, 6.45) is 1.48. The van der Waals surface area contributed by atoms with Crippen LogP contribution in [0.4, 0.5) is 0 Å². The van der Waals surface area contributed by atoms with Crippen molar-refractivity contribution in [2.45, 2.75) is 18.9 Å². The van der Waals surface area contributed by atoms with E-state index in [9.17, 15) is 4.79 Å². The van der Waals surface area contributed by atoms with Gasteiger partial charge in [0, 0.05) is 31.2 Å². The maximum Gasteiger partial charge on any atom is 0.224 e. The number of hydrogen-bond acceptors (Lipinski definition) is 3. The number of benzene rings is 2. The molecule has 26 heavy (non-hydrogen) atoms. The van der Waals surface area contributed by atoms with Crippen molar-refractivity contribution < 1.29 is 9.53 Å². The largest absolute Gasteiger partial charge is 0.371 e. The molecule has 1 amide bonds. The molecule has 1 heterocycles. The van der Waals surface area contributed by atoms with E-state index in [0.29, 0.717) is 18.0 Å². The van der Waals surface area contributed by atoms with Crippen molar-refractivity contribution in [2.24, 2.45) is 0 Å². The smallest absolute Gasteiger partial charge is 0.224 e. The second-order valence-electron chi connectivity index (χ2n) is 6.58. The fraction of sp³-hybridized carbons (Fsp3) is 0.381. The van der Waals surface area contributed by atoms with E-state index in [1.165, 1.54) is 5.56 Å². The van der Waals surface area contributed by atoms with Gasteiger partial charge in [-0.3, -0.25) is 9.69 Å². The Morgan fingerprint density at radius 3 is 2.69 bits per heavy atom. The van der Waals surface area contributed by atoms with Crippen molar-refractivity contribution in [3.05, 3.63) is 70.7 Å². The molecule has 1 atom stereocenters. The van der Waals surface area contributed by atoms with Crippen LogP contribution in [0.3, 0.4) is 0 Å². The van der Waals surface area contributed by atoms with E-state index in [4.69, 9.17) is 16.3 Å². The number of rotatable bonds is 7. The van der Waals surface area contributed by atoms with Crippen LogP contribution in [0.2, 0.25) is 5.02 Å². The molecule has 0 saturated carbocycles. The molecule has 2 aromatic rings. The molecule has 1 aliphatic rings.